The van der Waals surface area contributed by atoms with Crippen molar-refractivity contribution in [3.8, 4) is 0 Å². The van der Waals surface area contributed by atoms with Crippen molar-refractivity contribution >= 4 is 33.7 Å². The lowest BCUT2D eigenvalue weighted by molar-refractivity contribution is -0.192. The average molecular weight is 526 g/mol. The number of rotatable bonds is 5. The van der Waals surface area contributed by atoms with Gasteiger partial charge in [0.1, 0.15) is 11.9 Å². The zero-order chi connectivity index (χ0) is 24.1. The minimum absolute atomic E-state index is 0.0349. The number of ketones is 1. The average Bonchev–Trinajstić information content (AvgIpc) is 3.13. The fraction of sp³-hybridized carbons (Fsp3) is 0.889. The summed E-state index contributed by atoms with van der Waals surface area (Å²) in [6, 6.07) is 0. The van der Waals surface area contributed by atoms with Crippen molar-refractivity contribution in [2.45, 2.75) is 96.4 Å². The van der Waals surface area contributed by atoms with E-state index >= 15 is 0 Å². The summed E-state index contributed by atoms with van der Waals surface area (Å²) in [7, 11) is 1.45. The van der Waals surface area contributed by atoms with Gasteiger partial charge in [0, 0.05) is 25.2 Å². The summed E-state index contributed by atoms with van der Waals surface area (Å²) in [6.45, 7) is 8.58. The summed E-state index contributed by atoms with van der Waals surface area (Å²) in [5.41, 5.74) is 0.0448. The van der Waals surface area contributed by atoms with E-state index in [2.05, 4.69) is 36.7 Å². The van der Waals surface area contributed by atoms with Crippen LogP contribution in [0.25, 0.3) is 0 Å². The number of methoxy groups -OCH3 is 1. The lowest BCUT2D eigenvalue weighted by Crippen LogP contribution is -2.60. The molecule has 0 unspecified atom stereocenters. The number of esters is 2. The van der Waals surface area contributed by atoms with Gasteiger partial charge >= 0.3 is 11.9 Å². The second-order valence-corrected chi connectivity index (χ2v) is 12.9. The van der Waals surface area contributed by atoms with Gasteiger partial charge in [-0.05, 0) is 85.9 Å². The molecule has 0 aromatic heterocycles. The molecule has 4 aliphatic rings. The number of halogens is 1. The zero-order valence-corrected chi connectivity index (χ0v) is 22.5. The lowest BCUT2D eigenvalue weighted by Gasteiger charge is -2.62. The van der Waals surface area contributed by atoms with Crippen LogP contribution in [0.2, 0.25) is 0 Å². The number of hydrogen-bond donors (Lipinski definition) is 0. The Morgan fingerprint density at radius 3 is 2.48 bits per heavy atom. The Morgan fingerprint density at radius 2 is 1.82 bits per heavy atom. The number of hydrogen-bond acceptors (Lipinski definition) is 5. The minimum Gasteiger partial charge on any atom is -0.469 e. The van der Waals surface area contributed by atoms with E-state index in [1.807, 2.05) is 0 Å². The fourth-order valence-electron chi connectivity index (χ4n) is 9.01. The Bertz CT molecular complexity index is 797. The first-order chi connectivity index (χ1) is 15.5. The molecule has 0 spiro atoms. The predicted molar refractivity (Wildman–Crippen MR) is 130 cm³/mol. The third-order valence-electron chi connectivity index (χ3n) is 10.7. The van der Waals surface area contributed by atoms with E-state index in [1.54, 1.807) is 0 Å². The van der Waals surface area contributed by atoms with Crippen LogP contribution in [0.1, 0.15) is 85.5 Å². The molecule has 0 aliphatic heterocycles. The Balaban J connectivity index is 1.64. The lowest BCUT2D eigenvalue weighted by atomic mass is 9.43. The molecule has 0 radical (unpaired) electrons. The second kappa shape index (κ2) is 9.28. The molecular weight excluding hydrogens is 484 g/mol. The summed E-state index contributed by atoms with van der Waals surface area (Å²) in [4.78, 5) is 36.5. The molecule has 0 amide bonds. The normalized spacial score (nSPS) is 45.4. The summed E-state index contributed by atoms with van der Waals surface area (Å²) < 4.78 is 11.0. The van der Waals surface area contributed by atoms with E-state index in [-0.39, 0.29) is 33.7 Å². The quantitative estimate of drug-likeness (QED) is 0.339. The maximum Gasteiger partial charge on any atom is 0.305 e. The van der Waals surface area contributed by atoms with Gasteiger partial charge in [0.2, 0.25) is 0 Å². The molecule has 186 valence electrons. The standard InChI is InChI=1S/C27H41BrO5/c1-15(6-11-24(31)32-5)18-9-10-19-17-7-8-20-25(28)22(30)12-13-26(20,3)21(17)14-23(27(18,19)4)33-16(2)29/h15,17-21,23,25H,6-14H2,1-5H3/t15-,17+,18-,19+,20-,21+,23+,25-,26-,27+/m0/s1. The smallest absolute Gasteiger partial charge is 0.305 e. The largest absolute Gasteiger partial charge is 0.469 e. The maximum atomic E-state index is 12.5. The molecule has 0 aromatic carbocycles. The molecule has 0 saturated heterocycles. The van der Waals surface area contributed by atoms with Crippen LogP contribution in [-0.2, 0) is 23.9 Å². The minimum atomic E-state index is -0.194. The van der Waals surface area contributed by atoms with Crippen molar-refractivity contribution in [1.29, 1.82) is 0 Å². The molecule has 10 atom stereocenters. The number of fused-ring (bicyclic) bond motifs is 5. The molecule has 0 N–H and O–H groups in total. The zero-order valence-electron chi connectivity index (χ0n) is 20.9. The monoisotopic (exact) mass is 524 g/mol. The van der Waals surface area contributed by atoms with Crippen molar-refractivity contribution in [3.63, 3.8) is 0 Å². The van der Waals surface area contributed by atoms with Crippen LogP contribution in [0.15, 0.2) is 0 Å². The van der Waals surface area contributed by atoms with Gasteiger partial charge in [-0.1, -0.05) is 36.7 Å². The first kappa shape index (κ1) is 25.2. The van der Waals surface area contributed by atoms with Gasteiger partial charge in [0.15, 0.2) is 0 Å². The number of ether oxygens (including phenoxy) is 2. The van der Waals surface area contributed by atoms with Gasteiger partial charge in [-0.25, -0.2) is 0 Å². The van der Waals surface area contributed by atoms with E-state index in [0.29, 0.717) is 54.1 Å². The summed E-state index contributed by atoms with van der Waals surface area (Å²) >= 11 is 3.76. The van der Waals surface area contributed by atoms with Crippen molar-refractivity contribution in [2.24, 2.45) is 46.3 Å². The van der Waals surface area contributed by atoms with Gasteiger partial charge in [-0.2, -0.15) is 0 Å². The number of Topliss-reactive ketones (excluding diaryl/α,β-unsaturated/α-hetero) is 1. The molecule has 33 heavy (non-hydrogen) atoms. The van der Waals surface area contributed by atoms with Crippen LogP contribution in [0.3, 0.4) is 0 Å². The molecule has 0 heterocycles. The van der Waals surface area contributed by atoms with Crippen molar-refractivity contribution in [3.05, 3.63) is 0 Å². The molecular formula is C27H41BrO5. The molecule has 0 aromatic rings. The fourth-order valence-corrected chi connectivity index (χ4v) is 10.1. The molecule has 4 fully saturated rings. The summed E-state index contributed by atoms with van der Waals surface area (Å²) in [5, 5.41) is 0. The molecule has 4 aliphatic carbocycles. The van der Waals surface area contributed by atoms with Crippen LogP contribution in [-0.4, -0.2) is 35.8 Å². The first-order valence-electron chi connectivity index (χ1n) is 12.9. The highest BCUT2D eigenvalue weighted by Gasteiger charge is 2.65. The van der Waals surface area contributed by atoms with Crippen LogP contribution < -0.4 is 0 Å². The predicted octanol–water partition coefficient (Wildman–Crippen LogP) is 5.72. The van der Waals surface area contributed by atoms with Gasteiger partial charge in [0.25, 0.3) is 0 Å². The van der Waals surface area contributed by atoms with E-state index < -0.39 is 0 Å². The van der Waals surface area contributed by atoms with E-state index in [4.69, 9.17) is 9.47 Å². The van der Waals surface area contributed by atoms with Crippen LogP contribution >= 0.6 is 15.9 Å². The van der Waals surface area contributed by atoms with E-state index in [0.717, 1.165) is 38.5 Å². The molecule has 6 heteroatoms. The molecule has 4 rings (SSSR count). The van der Waals surface area contributed by atoms with Crippen LogP contribution in [0, 0.1) is 46.3 Å². The van der Waals surface area contributed by atoms with Crippen LogP contribution in [0.4, 0.5) is 0 Å². The molecule has 5 nitrogen and oxygen atoms in total. The highest BCUT2D eigenvalue weighted by Crippen LogP contribution is 2.69. The van der Waals surface area contributed by atoms with Gasteiger partial charge < -0.3 is 9.47 Å². The van der Waals surface area contributed by atoms with Crippen molar-refractivity contribution in [2.75, 3.05) is 7.11 Å². The molecule has 0 bridgehead atoms. The highest BCUT2D eigenvalue weighted by atomic mass is 79.9. The van der Waals surface area contributed by atoms with E-state index in [9.17, 15) is 14.4 Å². The van der Waals surface area contributed by atoms with E-state index in [1.165, 1.54) is 20.5 Å². The second-order valence-electron chi connectivity index (χ2n) is 11.9. The summed E-state index contributed by atoms with van der Waals surface area (Å²) in [6.07, 6.45) is 8.23. The molecule has 4 saturated carbocycles. The Hall–Kier alpha value is -0.910. The Morgan fingerprint density at radius 1 is 1.12 bits per heavy atom. The van der Waals surface area contributed by atoms with Crippen molar-refractivity contribution in [1.82, 2.24) is 0 Å². The Labute approximate surface area is 207 Å². The van der Waals surface area contributed by atoms with Gasteiger partial charge in [-0.15, -0.1) is 0 Å². The number of carbonyl (C=O) groups excluding carboxylic acids is 3. The van der Waals surface area contributed by atoms with Gasteiger partial charge in [0.05, 0.1) is 11.9 Å². The van der Waals surface area contributed by atoms with Crippen LogP contribution in [0.5, 0.6) is 0 Å². The third-order valence-corrected chi connectivity index (χ3v) is 11.8. The Kier molecular flexibility index (Phi) is 7.08. The number of carbonyl (C=O) groups is 3. The number of alkyl halides is 1. The topological polar surface area (TPSA) is 69.7 Å². The first-order valence-corrected chi connectivity index (χ1v) is 13.9. The van der Waals surface area contributed by atoms with Gasteiger partial charge in [-0.3, -0.25) is 14.4 Å². The maximum absolute atomic E-state index is 12.5. The summed E-state index contributed by atoms with van der Waals surface area (Å²) in [5.74, 6) is 2.82. The highest BCUT2D eigenvalue weighted by molar-refractivity contribution is 9.10. The third kappa shape index (κ3) is 4.10. The van der Waals surface area contributed by atoms with Crippen molar-refractivity contribution < 1.29 is 23.9 Å². The SMILES string of the molecule is COC(=O)CC[C@H](C)[C@@H]1CC[C@@H]2[C@H]3CC[C@H]4[C@H](Br)C(=O)CC[C@]4(C)[C@@H]3C[C@@H](OC(C)=O)[C@@]21C.